The Balaban J connectivity index is 1.24. The van der Waals surface area contributed by atoms with Crippen molar-refractivity contribution in [2.24, 2.45) is 11.3 Å². The molecule has 1 aliphatic heterocycles. The van der Waals surface area contributed by atoms with E-state index in [2.05, 4.69) is 42.0 Å². The summed E-state index contributed by atoms with van der Waals surface area (Å²) < 4.78 is 45.4. The Morgan fingerprint density at radius 1 is 0.979 bits per heavy atom. The van der Waals surface area contributed by atoms with Gasteiger partial charge in [0.25, 0.3) is 0 Å². The fourth-order valence-electron chi connectivity index (χ4n) is 7.26. The number of carbonyl (C=O) groups excluding carboxylic acids is 2. The summed E-state index contributed by atoms with van der Waals surface area (Å²) >= 11 is 0. The van der Waals surface area contributed by atoms with E-state index in [1.54, 1.807) is 13.8 Å². The van der Waals surface area contributed by atoms with E-state index in [0.29, 0.717) is 24.5 Å². The molecule has 0 unspecified atom stereocenters. The standard InChI is InChI=1S/C38H43F3N4O3/c1-24-33(29-8-6-7-9-31(29)42-24)34-30(36(34,2)3)22-32(46)45(23-25-10-12-26(13-11-25)38(39,40)41)37(4,5)35(47)43-27-14-16-28(17-15-27)44-18-20-48-21-19-44/h6-17,30,34,42H,18-23H2,1-5H3,(H,43,47)/t30-,34+/m1/s1. The molecule has 6 rings (SSSR count). The maximum Gasteiger partial charge on any atom is 0.416 e. The number of rotatable bonds is 9. The van der Waals surface area contributed by atoms with Crippen molar-refractivity contribution in [3.05, 3.63) is 95.2 Å². The number of ether oxygens (including phenoxy) is 1. The molecule has 1 saturated heterocycles. The minimum atomic E-state index is -4.47. The van der Waals surface area contributed by atoms with Crippen molar-refractivity contribution in [2.75, 3.05) is 36.5 Å². The fourth-order valence-corrected chi connectivity index (χ4v) is 7.26. The smallest absolute Gasteiger partial charge is 0.378 e. The number of para-hydroxylation sites is 1. The number of alkyl halides is 3. The molecule has 2 amide bonds. The van der Waals surface area contributed by atoms with Gasteiger partial charge in [-0.1, -0.05) is 44.2 Å². The maximum atomic E-state index is 14.3. The first-order valence-corrected chi connectivity index (χ1v) is 16.5. The molecule has 0 spiro atoms. The van der Waals surface area contributed by atoms with Crippen LogP contribution in [0.3, 0.4) is 0 Å². The van der Waals surface area contributed by atoms with Gasteiger partial charge in [0.2, 0.25) is 11.8 Å². The Hall–Kier alpha value is -4.31. The first kappa shape index (κ1) is 33.6. The van der Waals surface area contributed by atoms with Crippen LogP contribution in [0.5, 0.6) is 0 Å². The number of nitrogens with one attached hydrogen (secondary N) is 2. The average Bonchev–Trinajstić information content (AvgIpc) is 3.40. The molecule has 7 nitrogen and oxygen atoms in total. The third kappa shape index (κ3) is 6.55. The van der Waals surface area contributed by atoms with Gasteiger partial charge >= 0.3 is 6.18 Å². The predicted molar refractivity (Wildman–Crippen MR) is 182 cm³/mol. The van der Waals surface area contributed by atoms with Crippen molar-refractivity contribution in [2.45, 2.75) is 65.2 Å². The number of hydrogen-bond acceptors (Lipinski definition) is 4. The molecule has 10 heteroatoms. The van der Waals surface area contributed by atoms with Crippen LogP contribution in [0.1, 0.15) is 62.4 Å². The number of H-pyrrole nitrogens is 1. The van der Waals surface area contributed by atoms with Crippen LogP contribution >= 0.6 is 0 Å². The molecule has 48 heavy (non-hydrogen) atoms. The number of fused-ring (bicyclic) bond motifs is 1. The van der Waals surface area contributed by atoms with Gasteiger partial charge in [-0.15, -0.1) is 0 Å². The predicted octanol–water partition coefficient (Wildman–Crippen LogP) is 7.91. The summed E-state index contributed by atoms with van der Waals surface area (Å²) in [5.74, 6) is -0.464. The first-order valence-electron chi connectivity index (χ1n) is 16.5. The Morgan fingerprint density at radius 3 is 2.27 bits per heavy atom. The van der Waals surface area contributed by atoms with E-state index in [9.17, 15) is 22.8 Å². The van der Waals surface area contributed by atoms with E-state index >= 15 is 0 Å². The zero-order valence-electron chi connectivity index (χ0n) is 28.1. The van der Waals surface area contributed by atoms with E-state index in [1.807, 2.05) is 42.5 Å². The van der Waals surface area contributed by atoms with E-state index in [4.69, 9.17) is 4.74 Å². The van der Waals surface area contributed by atoms with Crippen molar-refractivity contribution in [1.82, 2.24) is 9.88 Å². The number of morpholine rings is 1. The van der Waals surface area contributed by atoms with Crippen LogP contribution in [0.4, 0.5) is 24.5 Å². The van der Waals surface area contributed by atoms with Gasteiger partial charge in [0, 0.05) is 54.0 Å². The molecule has 2 aliphatic rings. The largest absolute Gasteiger partial charge is 0.416 e. The van der Waals surface area contributed by atoms with Gasteiger partial charge in [0.1, 0.15) is 5.54 Å². The average molecular weight is 661 g/mol. The lowest BCUT2D eigenvalue weighted by Gasteiger charge is -2.38. The van der Waals surface area contributed by atoms with Crippen LogP contribution in [-0.4, -0.2) is 53.5 Å². The number of aromatic amines is 1. The summed E-state index contributed by atoms with van der Waals surface area (Å²) in [6.07, 6.45) is -4.28. The van der Waals surface area contributed by atoms with Crippen LogP contribution < -0.4 is 10.2 Å². The Kier molecular flexibility index (Phi) is 8.83. The number of aryl methyl sites for hydroxylation is 1. The lowest BCUT2D eigenvalue weighted by molar-refractivity contribution is -0.145. The van der Waals surface area contributed by atoms with Crippen molar-refractivity contribution >= 4 is 34.1 Å². The summed E-state index contributed by atoms with van der Waals surface area (Å²) in [5.41, 5.74) is 3.20. The minimum absolute atomic E-state index is 0.0166. The van der Waals surface area contributed by atoms with E-state index in [0.717, 1.165) is 47.5 Å². The molecule has 3 aromatic carbocycles. The second kappa shape index (κ2) is 12.6. The molecule has 0 bridgehead atoms. The van der Waals surface area contributed by atoms with Crippen LogP contribution in [-0.2, 0) is 27.0 Å². The van der Waals surface area contributed by atoms with Gasteiger partial charge in [-0.3, -0.25) is 9.59 Å². The first-order chi connectivity index (χ1) is 22.7. The zero-order valence-corrected chi connectivity index (χ0v) is 28.1. The van der Waals surface area contributed by atoms with Gasteiger partial charge < -0.3 is 24.8 Å². The molecular formula is C38H43F3N4O3. The highest BCUT2D eigenvalue weighted by Gasteiger charge is 2.60. The molecular weight excluding hydrogens is 617 g/mol. The number of amides is 2. The Bertz CT molecular complexity index is 1790. The van der Waals surface area contributed by atoms with Crippen LogP contribution in [0.15, 0.2) is 72.8 Å². The number of halogens is 3. The van der Waals surface area contributed by atoms with Gasteiger partial charge in [0.05, 0.1) is 18.8 Å². The molecule has 2 atom stereocenters. The summed E-state index contributed by atoms with van der Waals surface area (Å²) in [5, 5.41) is 4.12. The van der Waals surface area contributed by atoms with Gasteiger partial charge in [-0.25, -0.2) is 0 Å². The number of carbonyl (C=O) groups is 2. The van der Waals surface area contributed by atoms with Crippen LogP contribution in [0.2, 0.25) is 0 Å². The SMILES string of the molecule is Cc1[nH]c2ccccc2c1[C@@H]1[C@@H](CC(=O)N(Cc2ccc(C(F)(F)F)cc2)C(C)(C)C(=O)Nc2ccc(N3CCOCC3)cc2)C1(C)C. The van der Waals surface area contributed by atoms with Gasteiger partial charge in [-0.2, -0.15) is 13.2 Å². The molecule has 4 aromatic rings. The third-order valence-electron chi connectivity index (χ3n) is 10.4. The second-order valence-corrected chi connectivity index (χ2v) is 14.2. The van der Waals surface area contributed by atoms with E-state index in [1.165, 1.54) is 22.6 Å². The molecule has 254 valence electrons. The molecule has 1 aromatic heterocycles. The molecule has 2 N–H and O–H groups in total. The number of hydrogen-bond donors (Lipinski definition) is 2. The van der Waals surface area contributed by atoms with Crippen LogP contribution in [0, 0.1) is 18.3 Å². The number of benzene rings is 3. The highest BCUT2D eigenvalue weighted by atomic mass is 19.4. The third-order valence-corrected chi connectivity index (χ3v) is 10.4. The summed E-state index contributed by atoms with van der Waals surface area (Å²) in [7, 11) is 0. The zero-order chi connectivity index (χ0) is 34.4. The molecule has 2 fully saturated rings. The van der Waals surface area contributed by atoms with Crippen molar-refractivity contribution in [1.29, 1.82) is 0 Å². The van der Waals surface area contributed by atoms with Crippen LogP contribution in [0.25, 0.3) is 10.9 Å². The van der Waals surface area contributed by atoms with E-state index < -0.39 is 17.3 Å². The summed E-state index contributed by atoms with van der Waals surface area (Å²) in [6.45, 7) is 12.6. The number of aromatic nitrogens is 1. The quantitative estimate of drug-likeness (QED) is 0.191. The van der Waals surface area contributed by atoms with Gasteiger partial charge in [0.15, 0.2) is 0 Å². The highest BCUT2D eigenvalue weighted by Crippen LogP contribution is 2.67. The number of anilines is 2. The van der Waals surface area contributed by atoms with Crippen molar-refractivity contribution in [3.63, 3.8) is 0 Å². The Morgan fingerprint density at radius 2 is 1.62 bits per heavy atom. The topological polar surface area (TPSA) is 77.7 Å². The lowest BCUT2D eigenvalue weighted by Crippen LogP contribution is -2.54. The molecule has 2 heterocycles. The van der Waals surface area contributed by atoms with E-state index in [-0.39, 0.29) is 42.0 Å². The Labute approximate surface area is 279 Å². The summed E-state index contributed by atoms with van der Waals surface area (Å²) in [4.78, 5) is 35.5. The number of nitrogens with zero attached hydrogens (tertiary/aromatic N) is 2. The molecule has 1 saturated carbocycles. The molecule has 1 aliphatic carbocycles. The van der Waals surface area contributed by atoms with Gasteiger partial charge in [-0.05, 0) is 91.6 Å². The lowest BCUT2D eigenvalue weighted by atomic mass is 9.97. The maximum absolute atomic E-state index is 14.3. The highest BCUT2D eigenvalue weighted by molar-refractivity contribution is 6.00. The molecule has 0 radical (unpaired) electrons. The van der Waals surface area contributed by atoms with Crippen molar-refractivity contribution in [3.8, 4) is 0 Å². The van der Waals surface area contributed by atoms with Crippen molar-refractivity contribution < 1.29 is 27.5 Å². The second-order valence-electron chi connectivity index (χ2n) is 14.2. The minimum Gasteiger partial charge on any atom is -0.378 e. The summed E-state index contributed by atoms with van der Waals surface area (Å²) in [6, 6.07) is 20.5. The normalized spacial score (nSPS) is 19.3. The monoisotopic (exact) mass is 660 g/mol. The fraction of sp³-hybridized carbons (Fsp3) is 0.421.